The van der Waals surface area contributed by atoms with Gasteiger partial charge in [-0.1, -0.05) is 12.7 Å². The van der Waals surface area contributed by atoms with Gasteiger partial charge in [-0.25, -0.2) is 13.2 Å². The highest BCUT2D eigenvalue weighted by molar-refractivity contribution is 5.70. The van der Waals surface area contributed by atoms with E-state index in [4.69, 9.17) is 0 Å². The molecule has 1 N–H and O–H groups in total. The predicted octanol–water partition coefficient (Wildman–Crippen LogP) is 2.13. The highest BCUT2D eigenvalue weighted by Crippen LogP contribution is 2.16. The Labute approximate surface area is 108 Å². The molecule has 104 valence electrons. The largest absolute Gasteiger partial charge is 0.461 e. The van der Waals surface area contributed by atoms with Crippen molar-refractivity contribution >= 4 is 5.97 Å². The van der Waals surface area contributed by atoms with Crippen LogP contribution in [-0.4, -0.2) is 23.8 Å². The van der Waals surface area contributed by atoms with Crippen LogP contribution in [0.4, 0.5) is 13.2 Å². The van der Waals surface area contributed by atoms with Gasteiger partial charge in [0.05, 0.1) is 12.5 Å². The molecular weight excluding hydrogens is 261 g/mol. The molecule has 0 radical (unpaired) electrons. The highest BCUT2D eigenvalue weighted by atomic mass is 19.2. The van der Waals surface area contributed by atoms with Gasteiger partial charge in [0.1, 0.15) is 12.4 Å². The number of hydrogen-bond acceptors (Lipinski definition) is 3. The number of rotatable bonds is 6. The molecule has 0 saturated carbocycles. The number of esters is 1. The first-order valence-electron chi connectivity index (χ1n) is 5.52. The smallest absolute Gasteiger partial charge is 0.308 e. The van der Waals surface area contributed by atoms with E-state index in [1.807, 2.05) is 0 Å². The van der Waals surface area contributed by atoms with Gasteiger partial charge in [-0.3, -0.25) is 4.79 Å². The molecule has 1 rings (SSSR count). The lowest BCUT2D eigenvalue weighted by molar-refractivity contribution is -0.144. The van der Waals surface area contributed by atoms with Gasteiger partial charge < -0.3 is 9.84 Å². The number of halogens is 3. The van der Waals surface area contributed by atoms with Crippen LogP contribution in [0.15, 0.2) is 24.8 Å². The summed E-state index contributed by atoms with van der Waals surface area (Å²) in [6.07, 6.45) is -0.561. The summed E-state index contributed by atoms with van der Waals surface area (Å²) in [7, 11) is 0. The van der Waals surface area contributed by atoms with E-state index < -0.39 is 29.5 Å². The van der Waals surface area contributed by atoms with Crippen molar-refractivity contribution in [3.8, 4) is 0 Å². The summed E-state index contributed by atoms with van der Waals surface area (Å²) < 4.78 is 43.5. The molecule has 3 nitrogen and oxygen atoms in total. The molecule has 0 spiro atoms. The molecular formula is C13H13F3O3. The zero-order chi connectivity index (χ0) is 14.4. The fraction of sp³-hybridized carbons (Fsp3) is 0.308. The van der Waals surface area contributed by atoms with Crippen LogP contribution >= 0.6 is 0 Å². The van der Waals surface area contributed by atoms with E-state index in [9.17, 15) is 23.1 Å². The van der Waals surface area contributed by atoms with Crippen LogP contribution in [0, 0.1) is 17.5 Å². The van der Waals surface area contributed by atoms with Crippen molar-refractivity contribution in [2.24, 2.45) is 0 Å². The number of benzene rings is 1. The maximum atomic E-state index is 13.3. The molecule has 0 heterocycles. The van der Waals surface area contributed by atoms with Crippen molar-refractivity contribution < 1.29 is 27.8 Å². The number of ether oxygens (including phenoxy) is 1. The number of carbonyl (C=O) groups excluding carboxylic acids is 1. The molecule has 0 aliphatic carbocycles. The summed E-state index contributed by atoms with van der Waals surface area (Å²) >= 11 is 0. The Bertz CT molecular complexity index is 474. The topological polar surface area (TPSA) is 46.5 Å². The molecule has 6 heteroatoms. The number of aliphatic hydroxyl groups is 1. The van der Waals surface area contributed by atoms with Crippen LogP contribution in [-0.2, 0) is 16.0 Å². The van der Waals surface area contributed by atoms with E-state index in [1.54, 1.807) is 0 Å². The van der Waals surface area contributed by atoms with E-state index in [2.05, 4.69) is 11.3 Å². The molecule has 1 aromatic rings. The van der Waals surface area contributed by atoms with Gasteiger partial charge in [0.2, 0.25) is 0 Å². The van der Waals surface area contributed by atoms with Gasteiger partial charge in [-0.05, 0) is 11.6 Å². The minimum absolute atomic E-state index is 0.00505. The normalized spacial score (nSPS) is 12.0. The molecule has 0 amide bonds. The second-order valence-corrected chi connectivity index (χ2v) is 3.89. The summed E-state index contributed by atoms with van der Waals surface area (Å²) in [4.78, 5) is 11.2. The molecule has 1 unspecified atom stereocenters. The maximum Gasteiger partial charge on any atom is 0.308 e. The molecule has 1 atom stereocenters. The Kier molecular flexibility index (Phi) is 5.57. The van der Waals surface area contributed by atoms with Crippen molar-refractivity contribution in [3.05, 3.63) is 47.8 Å². The van der Waals surface area contributed by atoms with E-state index in [-0.39, 0.29) is 25.0 Å². The fourth-order valence-electron chi connectivity index (χ4n) is 1.45. The molecule has 0 fully saturated rings. The summed E-state index contributed by atoms with van der Waals surface area (Å²) in [5.41, 5.74) is -0.206. The Morgan fingerprint density at radius 1 is 1.32 bits per heavy atom. The molecule has 1 aromatic carbocycles. The van der Waals surface area contributed by atoms with Gasteiger partial charge in [-0.2, -0.15) is 0 Å². The van der Waals surface area contributed by atoms with Crippen molar-refractivity contribution in [1.82, 2.24) is 0 Å². The second kappa shape index (κ2) is 6.94. The van der Waals surface area contributed by atoms with Gasteiger partial charge >= 0.3 is 5.97 Å². The molecule has 0 aromatic heterocycles. The Hall–Kier alpha value is -1.82. The van der Waals surface area contributed by atoms with Crippen molar-refractivity contribution in [2.45, 2.75) is 18.9 Å². The van der Waals surface area contributed by atoms with Crippen LogP contribution in [0.3, 0.4) is 0 Å². The third kappa shape index (κ3) is 4.75. The number of carbonyl (C=O) groups is 1. The van der Waals surface area contributed by atoms with Crippen molar-refractivity contribution in [2.75, 3.05) is 6.61 Å². The third-order valence-electron chi connectivity index (χ3n) is 2.31. The first-order valence-corrected chi connectivity index (χ1v) is 5.52. The minimum Gasteiger partial charge on any atom is -0.461 e. The minimum atomic E-state index is -1.30. The van der Waals surface area contributed by atoms with Crippen LogP contribution in [0.5, 0.6) is 0 Å². The average molecular weight is 274 g/mol. The summed E-state index contributed by atoms with van der Waals surface area (Å²) in [5.74, 6) is -4.17. The fourth-order valence-corrected chi connectivity index (χ4v) is 1.45. The van der Waals surface area contributed by atoms with E-state index in [0.717, 1.165) is 0 Å². The maximum absolute atomic E-state index is 13.3. The molecule has 19 heavy (non-hydrogen) atoms. The van der Waals surface area contributed by atoms with Crippen LogP contribution < -0.4 is 0 Å². The SMILES string of the molecule is C=CCOC(=O)CC(O)Cc1cc(F)c(F)cc1F. The number of hydrogen-bond donors (Lipinski definition) is 1. The van der Waals surface area contributed by atoms with Crippen molar-refractivity contribution in [3.63, 3.8) is 0 Å². The van der Waals surface area contributed by atoms with Gasteiger partial charge in [0.15, 0.2) is 11.6 Å². The quantitative estimate of drug-likeness (QED) is 0.491. The lowest BCUT2D eigenvalue weighted by atomic mass is 10.0. The Balaban J connectivity index is 2.61. The monoisotopic (exact) mass is 274 g/mol. The average Bonchev–Trinajstić information content (AvgIpc) is 2.33. The first-order chi connectivity index (χ1) is 8.93. The molecule has 0 aliphatic rings. The molecule has 0 saturated heterocycles. The Morgan fingerprint density at radius 2 is 1.95 bits per heavy atom. The standard InChI is InChI=1S/C13H13F3O3/c1-2-3-19-13(18)6-9(17)4-8-5-11(15)12(16)7-10(8)14/h2,5,7,9,17H,1,3-4,6H2. The van der Waals surface area contributed by atoms with Gasteiger partial charge in [0, 0.05) is 12.5 Å². The predicted molar refractivity (Wildman–Crippen MR) is 61.8 cm³/mol. The second-order valence-electron chi connectivity index (χ2n) is 3.89. The van der Waals surface area contributed by atoms with E-state index in [1.165, 1.54) is 6.08 Å². The molecule has 0 bridgehead atoms. The summed E-state index contributed by atoms with van der Waals surface area (Å²) in [6.45, 7) is 3.35. The van der Waals surface area contributed by atoms with Gasteiger partial charge in [0.25, 0.3) is 0 Å². The van der Waals surface area contributed by atoms with Gasteiger partial charge in [-0.15, -0.1) is 0 Å². The van der Waals surface area contributed by atoms with Crippen molar-refractivity contribution in [1.29, 1.82) is 0 Å². The van der Waals surface area contributed by atoms with E-state index in [0.29, 0.717) is 12.1 Å². The summed E-state index contributed by atoms with van der Waals surface area (Å²) in [5, 5.41) is 9.55. The Morgan fingerprint density at radius 3 is 2.58 bits per heavy atom. The van der Waals surface area contributed by atoms with Crippen LogP contribution in [0.1, 0.15) is 12.0 Å². The van der Waals surface area contributed by atoms with Crippen LogP contribution in [0.25, 0.3) is 0 Å². The van der Waals surface area contributed by atoms with Crippen LogP contribution in [0.2, 0.25) is 0 Å². The first kappa shape index (κ1) is 15.2. The lowest BCUT2D eigenvalue weighted by Gasteiger charge is -2.11. The summed E-state index contributed by atoms with van der Waals surface area (Å²) in [6, 6.07) is 1.05. The zero-order valence-electron chi connectivity index (χ0n) is 10.0. The third-order valence-corrected chi connectivity index (χ3v) is 2.31. The molecule has 0 aliphatic heterocycles. The lowest BCUT2D eigenvalue weighted by Crippen LogP contribution is -2.19. The zero-order valence-corrected chi connectivity index (χ0v) is 10.0. The number of aliphatic hydroxyl groups excluding tert-OH is 1. The highest BCUT2D eigenvalue weighted by Gasteiger charge is 2.16. The van der Waals surface area contributed by atoms with E-state index >= 15 is 0 Å².